The highest BCUT2D eigenvalue weighted by Crippen LogP contribution is 2.16. The minimum atomic E-state index is -0.619. The minimum absolute atomic E-state index is 0.486. The highest BCUT2D eigenvalue weighted by Gasteiger charge is 2.22. The van der Waals surface area contributed by atoms with Crippen molar-refractivity contribution in [1.29, 1.82) is 0 Å². The molecule has 3 N–H and O–H groups in total. The molecule has 0 spiro atoms. The van der Waals surface area contributed by atoms with E-state index in [0.717, 1.165) is 44.1 Å². The Kier molecular flexibility index (Phi) is 4.39. The summed E-state index contributed by atoms with van der Waals surface area (Å²) in [5.41, 5.74) is 7.00. The molecule has 1 aliphatic rings. The highest BCUT2D eigenvalue weighted by atomic mass is 16.3. The van der Waals surface area contributed by atoms with Gasteiger partial charge in [0.05, 0.1) is 23.2 Å². The lowest BCUT2D eigenvalue weighted by Gasteiger charge is -2.38. The van der Waals surface area contributed by atoms with Gasteiger partial charge >= 0.3 is 0 Å². The molecule has 0 radical (unpaired) electrons. The molecule has 1 aromatic heterocycles. The summed E-state index contributed by atoms with van der Waals surface area (Å²) in [4.78, 5) is 8.96. The van der Waals surface area contributed by atoms with Crippen LogP contribution in [0.15, 0.2) is 18.3 Å². The Morgan fingerprint density at radius 1 is 1.26 bits per heavy atom. The Bertz CT molecular complexity index is 391. The first-order chi connectivity index (χ1) is 8.98. The van der Waals surface area contributed by atoms with E-state index in [1.54, 1.807) is 0 Å². The van der Waals surface area contributed by atoms with Crippen LogP contribution in [0, 0.1) is 0 Å². The Labute approximate surface area is 115 Å². The molecular formula is C14H24N4O. The zero-order valence-corrected chi connectivity index (χ0v) is 11.8. The molecule has 5 heteroatoms. The molecule has 0 unspecified atom stereocenters. The maximum atomic E-state index is 9.83. The highest BCUT2D eigenvalue weighted by molar-refractivity contribution is 5.45. The van der Waals surface area contributed by atoms with E-state index in [1.807, 2.05) is 26.1 Å². The molecule has 0 atom stereocenters. The summed E-state index contributed by atoms with van der Waals surface area (Å²) >= 11 is 0. The van der Waals surface area contributed by atoms with Crippen molar-refractivity contribution in [2.45, 2.75) is 26.0 Å². The molecule has 0 bridgehead atoms. The van der Waals surface area contributed by atoms with Gasteiger partial charge in [-0.2, -0.15) is 0 Å². The number of piperazine rings is 1. The predicted molar refractivity (Wildman–Crippen MR) is 77.1 cm³/mol. The summed E-state index contributed by atoms with van der Waals surface area (Å²) in [6.45, 7) is 8.82. The molecule has 0 amide bonds. The van der Waals surface area contributed by atoms with E-state index in [1.165, 1.54) is 0 Å². The second-order valence-electron chi connectivity index (χ2n) is 5.79. The van der Waals surface area contributed by atoms with Crippen LogP contribution in [0.3, 0.4) is 0 Å². The van der Waals surface area contributed by atoms with Gasteiger partial charge in [0, 0.05) is 39.3 Å². The molecule has 0 saturated carbocycles. The molecule has 1 fully saturated rings. The van der Waals surface area contributed by atoms with E-state index >= 15 is 0 Å². The Morgan fingerprint density at radius 2 is 1.95 bits per heavy atom. The van der Waals surface area contributed by atoms with E-state index in [9.17, 15) is 5.11 Å². The summed E-state index contributed by atoms with van der Waals surface area (Å²) in [5.74, 6) is 0. The number of hydrogen-bond donors (Lipinski definition) is 2. The molecule has 1 aromatic rings. The third-order valence-electron chi connectivity index (χ3n) is 3.37. The number of hydrogen-bond acceptors (Lipinski definition) is 5. The second kappa shape index (κ2) is 5.86. The average molecular weight is 264 g/mol. The van der Waals surface area contributed by atoms with Crippen molar-refractivity contribution in [3.63, 3.8) is 0 Å². The first-order valence-corrected chi connectivity index (χ1v) is 6.82. The van der Waals surface area contributed by atoms with Gasteiger partial charge in [-0.25, -0.2) is 0 Å². The van der Waals surface area contributed by atoms with Gasteiger partial charge in [-0.05, 0) is 26.0 Å². The van der Waals surface area contributed by atoms with Gasteiger partial charge < -0.3 is 15.7 Å². The maximum Gasteiger partial charge on any atom is 0.0718 e. The molecule has 19 heavy (non-hydrogen) atoms. The lowest BCUT2D eigenvalue weighted by molar-refractivity contribution is 0.0345. The van der Waals surface area contributed by atoms with Crippen LogP contribution >= 0.6 is 0 Å². The van der Waals surface area contributed by atoms with Crippen molar-refractivity contribution in [1.82, 2.24) is 9.88 Å². The maximum absolute atomic E-state index is 9.83. The van der Waals surface area contributed by atoms with Gasteiger partial charge in [-0.1, -0.05) is 0 Å². The van der Waals surface area contributed by atoms with Gasteiger partial charge in [0.15, 0.2) is 0 Å². The fourth-order valence-corrected chi connectivity index (χ4v) is 2.44. The average Bonchev–Trinajstić information content (AvgIpc) is 2.38. The fourth-order valence-electron chi connectivity index (χ4n) is 2.44. The largest absolute Gasteiger partial charge is 0.389 e. The van der Waals surface area contributed by atoms with E-state index in [4.69, 9.17) is 5.73 Å². The molecule has 0 aromatic carbocycles. The molecule has 1 aliphatic heterocycles. The summed E-state index contributed by atoms with van der Waals surface area (Å²) in [7, 11) is 0. The quantitative estimate of drug-likeness (QED) is 0.826. The Balaban J connectivity index is 1.88. The number of aliphatic hydroxyl groups is 1. The first kappa shape index (κ1) is 14.2. The number of β-amino-alcohol motifs (C(OH)–C–C–N with tert-alkyl or cyclic N) is 1. The third-order valence-corrected chi connectivity index (χ3v) is 3.37. The number of nitrogens with zero attached hydrogens (tertiary/aromatic N) is 3. The van der Waals surface area contributed by atoms with Crippen LogP contribution in [0.1, 0.15) is 19.5 Å². The monoisotopic (exact) mass is 264 g/mol. The van der Waals surface area contributed by atoms with E-state index in [-0.39, 0.29) is 0 Å². The lowest BCUT2D eigenvalue weighted by Crippen LogP contribution is -2.50. The van der Waals surface area contributed by atoms with E-state index < -0.39 is 5.60 Å². The van der Waals surface area contributed by atoms with E-state index in [0.29, 0.717) is 6.54 Å². The normalized spacial score (nSPS) is 17.8. The molecule has 5 nitrogen and oxygen atoms in total. The number of pyridine rings is 1. The zero-order chi connectivity index (χ0) is 13.9. The smallest absolute Gasteiger partial charge is 0.0718 e. The van der Waals surface area contributed by atoms with Gasteiger partial charge in [0.1, 0.15) is 0 Å². The molecular weight excluding hydrogens is 240 g/mol. The van der Waals surface area contributed by atoms with Gasteiger partial charge in [-0.15, -0.1) is 0 Å². The standard InChI is InChI=1S/C14H24N4O/c1-14(2,19)11-17-5-7-18(8-6-17)13-4-3-12(9-15)16-10-13/h3-4,10,19H,5-9,11,15H2,1-2H3. The zero-order valence-electron chi connectivity index (χ0n) is 11.8. The predicted octanol–water partition coefficient (Wildman–Crippen LogP) is 0.433. The Hall–Kier alpha value is -1.17. The topological polar surface area (TPSA) is 65.6 Å². The van der Waals surface area contributed by atoms with Crippen LogP contribution in [0.2, 0.25) is 0 Å². The van der Waals surface area contributed by atoms with Crippen molar-refractivity contribution >= 4 is 5.69 Å². The molecule has 1 saturated heterocycles. The van der Waals surface area contributed by atoms with Crippen molar-refractivity contribution in [2.24, 2.45) is 5.73 Å². The summed E-state index contributed by atoms with van der Waals surface area (Å²) < 4.78 is 0. The van der Waals surface area contributed by atoms with Crippen molar-refractivity contribution in [3.05, 3.63) is 24.0 Å². The van der Waals surface area contributed by atoms with Crippen molar-refractivity contribution < 1.29 is 5.11 Å². The summed E-state index contributed by atoms with van der Waals surface area (Å²) in [5, 5.41) is 9.83. The van der Waals surface area contributed by atoms with Crippen molar-refractivity contribution in [3.8, 4) is 0 Å². The third kappa shape index (κ3) is 4.16. The minimum Gasteiger partial charge on any atom is -0.389 e. The second-order valence-corrected chi connectivity index (χ2v) is 5.79. The number of aromatic nitrogens is 1. The SMILES string of the molecule is CC(C)(O)CN1CCN(c2ccc(CN)nc2)CC1. The van der Waals surface area contributed by atoms with E-state index in [2.05, 4.69) is 20.9 Å². The Morgan fingerprint density at radius 3 is 2.42 bits per heavy atom. The van der Waals surface area contributed by atoms with Crippen LogP contribution in [-0.2, 0) is 6.54 Å². The van der Waals surface area contributed by atoms with Gasteiger partial charge in [-0.3, -0.25) is 9.88 Å². The summed E-state index contributed by atoms with van der Waals surface area (Å²) in [6.07, 6.45) is 1.90. The molecule has 2 heterocycles. The number of rotatable bonds is 4. The van der Waals surface area contributed by atoms with Crippen LogP contribution in [0.4, 0.5) is 5.69 Å². The van der Waals surface area contributed by atoms with Gasteiger partial charge in [0.25, 0.3) is 0 Å². The van der Waals surface area contributed by atoms with Crippen LogP contribution in [-0.4, -0.2) is 53.3 Å². The molecule has 0 aliphatic carbocycles. The van der Waals surface area contributed by atoms with Crippen LogP contribution < -0.4 is 10.6 Å². The van der Waals surface area contributed by atoms with Crippen molar-refractivity contribution in [2.75, 3.05) is 37.6 Å². The lowest BCUT2D eigenvalue weighted by atomic mass is 10.1. The van der Waals surface area contributed by atoms with Gasteiger partial charge in [0.2, 0.25) is 0 Å². The number of nitrogens with two attached hydrogens (primary N) is 1. The first-order valence-electron chi connectivity index (χ1n) is 6.82. The summed E-state index contributed by atoms with van der Waals surface area (Å²) in [6, 6.07) is 4.07. The van der Waals surface area contributed by atoms with Crippen LogP contribution in [0.5, 0.6) is 0 Å². The van der Waals surface area contributed by atoms with Crippen LogP contribution in [0.25, 0.3) is 0 Å². The number of anilines is 1. The molecule has 106 valence electrons. The fraction of sp³-hybridized carbons (Fsp3) is 0.643. The molecule has 2 rings (SSSR count).